The average Bonchev–Trinajstić information content (AvgIpc) is 2.92. The smallest absolute Gasteiger partial charge is 0.0672 e. The Bertz CT molecular complexity index is 301. The third-order valence-electron chi connectivity index (χ3n) is 5.38. The number of nitrogens with zero attached hydrogens (tertiary/aromatic N) is 2. The van der Waals surface area contributed by atoms with Gasteiger partial charge in [-0.15, -0.1) is 0 Å². The summed E-state index contributed by atoms with van der Waals surface area (Å²) in [6.45, 7) is 3.51. The van der Waals surface area contributed by atoms with Gasteiger partial charge in [-0.25, -0.2) is 0 Å². The Hall–Kier alpha value is -0.550. The molecular formula is C17H30N2. The number of hydrogen-bond donors (Lipinski definition) is 0. The molecular weight excluding hydrogens is 232 g/mol. The average molecular weight is 262 g/mol. The molecule has 2 fully saturated rings. The fourth-order valence-corrected chi connectivity index (χ4v) is 4.28. The molecule has 0 N–H and O–H groups in total. The van der Waals surface area contributed by atoms with Crippen molar-refractivity contribution in [2.45, 2.75) is 70.8 Å². The van der Waals surface area contributed by atoms with Crippen LogP contribution < -0.4 is 0 Å². The van der Waals surface area contributed by atoms with E-state index in [4.69, 9.17) is 0 Å². The van der Waals surface area contributed by atoms with Crippen LogP contribution in [0.5, 0.6) is 0 Å². The van der Waals surface area contributed by atoms with Crippen LogP contribution in [-0.2, 0) is 0 Å². The molecule has 3 unspecified atom stereocenters. The van der Waals surface area contributed by atoms with Crippen LogP contribution >= 0.6 is 0 Å². The summed E-state index contributed by atoms with van der Waals surface area (Å²) in [5.74, 6) is 2.04. The number of rotatable bonds is 5. The van der Waals surface area contributed by atoms with E-state index in [9.17, 15) is 5.26 Å². The molecule has 0 aromatic carbocycles. The van der Waals surface area contributed by atoms with Crippen molar-refractivity contribution in [1.29, 1.82) is 5.26 Å². The van der Waals surface area contributed by atoms with E-state index in [1.807, 2.05) is 0 Å². The van der Waals surface area contributed by atoms with Crippen LogP contribution in [0.1, 0.15) is 64.7 Å². The molecule has 2 nitrogen and oxygen atoms in total. The molecule has 0 aromatic heterocycles. The van der Waals surface area contributed by atoms with E-state index in [-0.39, 0.29) is 5.92 Å². The van der Waals surface area contributed by atoms with Crippen molar-refractivity contribution in [3.05, 3.63) is 0 Å². The zero-order chi connectivity index (χ0) is 13.7. The summed E-state index contributed by atoms with van der Waals surface area (Å²) in [5.41, 5.74) is 0. The molecule has 0 aliphatic heterocycles. The lowest BCUT2D eigenvalue weighted by Gasteiger charge is -2.39. The van der Waals surface area contributed by atoms with Gasteiger partial charge in [-0.3, -0.25) is 0 Å². The first-order valence-electron chi connectivity index (χ1n) is 8.34. The minimum atomic E-state index is 0.277. The monoisotopic (exact) mass is 262 g/mol. The summed E-state index contributed by atoms with van der Waals surface area (Å²) in [6, 6.07) is 3.10. The van der Waals surface area contributed by atoms with Crippen LogP contribution in [-0.4, -0.2) is 24.5 Å². The van der Waals surface area contributed by atoms with Gasteiger partial charge in [0.2, 0.25) is 0 Å². The quantitative estimate of drug-likeness (QED) is 0.742. The first kappa shape index (κ1) is 14.9. The molecule has 0 aromatic rings. The molecule has 0 bridgehead atoms. The van der Waals surface area contributed by atoms with E-state index in [2.05, 4.69) is 24.9 Å². The lowest BCUT2D eigenvalue weighted by Crippen LogP contribution is -2.43. The van der Waals surface area contributed by atoms with Crippen molar-refractivity contribution in [1.82, 2.24) is 4.90 Å². The first-order valence-corrected chi connectivity index (χ1v) is 8.34. The highest BCUT2D eigenvalue weighted by atomic mass is 15.1. The van der Waals surface area contributed by atoms with Gasteiger partial charge in [0.05, 0.1) is 12.0 Å². The maximum Gasteiger partial charge on any atom is 0.0672 e. The molecule has 0 amide bonds. The summed E-state index contributed by atoms with van der Waals surface area (Å²) >= 11 is 0. The van der Waals surface area contributed by atoms with Crippen molar-refractivity contribution < 1.29 is 0 Å². The maximum atomic E-state index is 9.41. The fourth-order valence-electron chi connectivity index (χ4n) is 4.28. The van der Waals surface area contributed by atoms with E-state index >= 15 is 0 Å². The zero-order valence-electron chi connectivity index (χ0n) is 12.8. The second-order valence-electron chi connectivity index (χ2n) is 6.86. The van der Waals surface area contributed by atoms with Crippen molar-refractivity contribution in [3.63, 3.8) is 0 Å². The molecule has 108 valence electrons. The molecule has 2 aliphatic carbocycles. The minimum Gasteiger partial charge on any atom is -0.302 e. The summed E-state index contributed by atoms with van der Waals surface area (Å²) in [7, 11) is 2.27. The zero-order valence-corrected chi connectivity index (χ0v) is 12.8. The van der Waals surface area contributed by atoms with Crippen LogP contribution in [0.4, 0.5) is 0 Å². The van der Waals surface area contributed by atoms with E-state index < -0.39 is 0 Å². The van der Waals surface area contributed by atoms with Gasteiger partial charge in [0.25, 0.3) is 0 Å². The van der Waals surface area contributed by atoms with Gasteiger partial charge in [-0.05, 0) is 51.0 Å². The summed E-state index contributed by atoms with van der Waals surface area (Å²) in [6.07, 6.45) is 12.0. The van der Waals surface area contributed by atoms with E-state index in [0.717, 1.165) is 18.3 Å². The highest BCUT2D eigenvalue weighted by Crippen LogP contribution is 2.35. The van der Waals surface area contributed by atoms with Gasteiger partial charge >= 0.3 is 0 Å². The minimum absolute atomic E-state index is 0.277. The molecule has 0 spiro atoms. The van der Waals surface area contributed by atoms with E-state index in [0.29, 0.717) is 6.04 Å². The van der Waals surface area contributed by atoms with Gasteiger partial charge in [0.15, 0.2) is 0 Å². The summed E-state index contributed by atoms with van der Waals surface area (Å²) in [4.78, 5) is 2.53. The second kappa shape index (κ2) is 7.29. The third kappa shape index (κ3) is 3.96. The number of hydrogen-bond acceptors (Lipinski definition) is 2. The Kier molecular flexibility index (Phi) is 5.70. The topological polar surface area (TPSA) is 27.0 Å². The van der Waals surface area contributed by atoms with Crippen molar-refractivity contribution >= 4 is 0 Å². The normalized spacial score (nSPS) is 32.6. The van der Waals surface area contributed by atoms with Crippen molar-refractivity contribution in [2.24, 2.45) is 17.8 Å². The SMILES string of the molecule is CCCC1CCC(C#N)C(N(C)CC2CCCC2)C1. The van der Waals surface area contributed by atoms with E-state index in [1.165, 1.54) is 57.9 Å². The highest BCUT2D eigenvalue weighted by Gasteiger charge is 2.33. The Morgan fingerprint density at radius 2 is 1.84 bits per heavy atom. The second-order valence-corrected chi connectivity index (χ2v) is 6.86. The molecule has 0 radical (unpaired) electrons. The van der Waals surface area contributed by atoms with Crippen molar-refractivity contribution in [2.75, 3.05) is 13.6 Å². The third-order valence-corrected chi connectivity index (χ3v) is 5.38. The predicted octanol–water partition coefficient (Wildman–Crippen LogP) is 4.22. The van der Waals surface area contributed by atoms with Crippen molar-refractivity contribution in [3.8, 4) is 6.07 Å². The predicted molar refractivity (Wildman–Crippen MR) is 79.7 cm³/mol. The molecule has 19 heavy (non-hydrogen) atoms. The first-order chi connectivity index (χ1) is 9.24. The molecule has 0 saturated heterocycles. The summed E-state index contributed by atoms with van der Waals surface area (Å²) < 4.78 is 0. The van der Waals surface area contributed by atoms with Gasteiger partial charge in [0.1, 0.15) is 0 Å². The van der Waals surface area contributed by atoms with Crippen LogP contribution in [0.3, 0.4) is 0 Å². The molecule has 2 rings (SSSR count). The van der Waals surface area contributed by atoms with Gasteiger partial charge < -0.3 is 4.90 Å². The van der Waals surface area contributed by atoms with Crippen LogP contribution in [0.2, 0.25) is 0 Å². The van der Waals surface area contributed by atoms with Crippen LogP contribution in [0.15, 0.2) is 0 Å². The Labute approximate surface area is 119 Å². The maximum absolute atomic E-state index is 9.41. The van der Waals surface area contributed by atoms with Gasteiger partial charge in [-0.2, -0.15) is 5.26 Å². The standard InChI is InChI=1S/C17H30N2/c1-3-6-14-9-10-16(12-18)17(11-14)19(2)13-15-7-4-5-8-15/h14-17H,3-11,13H2,1-2H3. The van der Waals surface area contributed by atoms with Gasteiger partial charge in [0, 0.05) is 12.6 Å². The Morgan fingerprint density at radius 1 is 1.11 bits per heavy atom. The molecule has 2 aliphatic rings. The van der Waals surface area contributed by atoms with Crippen LogP contribution in [0.25, 0.3) is 0 Å². The van der Waals surface area contributed by atoms with Gasteiger partial charge in [-0.1, -0.05) is 32.6 Å². The largest absolute Gasteiger partial charge is 0.302 e. The Balaban J connectivity index is 1.90. The molecule has 2 heteroatoms. The lowest BCUT2D eigenvalue weighted by molar-refractivity contribution is 0.107. The summed E-state index contributed by atoms with van der Waals surface area (Å²) in [5, 5.41) is 9.41. The molecule has 3 atom stereocenters. The highest BCUT2D eigenvalue weighted by molar-refractivity contribution is 4.97. The van der Waals surface area contributed by atoms with E-state index in [1.54, 1.807) is 0 Å². The number of nitriles is 1. The lowest BCUT2D eigenvalue weighted by atomic mass is 9.76. The fraction of sp³-hybridized carbons (Fsp3) is 0.941. The molecule has 2 saturated carbocycles. The van der Waals surface area contributed by atoms with Crippen LogP contribution in [0, 0.1) is 29.1 Å². The molecule has 0 heterocycles. The Morgan fingerprint density at radius 3 is 2.47 bits per heavy atom.